The van der Waals surface area contributed by atoms with Crippen LogP contribution in [0.5, 0.6) is 5.75 Å². The Kier molecular flexibility index (Phi) is 7.65. The first kappa shape index (κ1) is 26.0. The predicted molar refractivity (Wildman–Crippen MR) is 139 cm³/mol. The summed E-state index contributed by atoms with van der Waals surface area (Å²) in [6.45, 7) is 5.87. The molecule has 0 fully saturated rings. The molecule has 0 saturated carbocycles. The van der Waals surface area contributed by atoms with Gasteiger partial charge in [-0.15, -0.1) is 0 Å². The Labute approximate surface area is 206 Å². The molecule has 1 amide bonds. The van der Waals surface area contributed by atoms with Crippen molar-refractivity contribution in [3.05, 3.63) is 89.5 Å². The van der Waals surface area contributed by atoms with Crippen LogP contribution in [0.4, 0.5) is 11.4 Å². The van der Waals surface area contributed by atoms with E-state index in [1.807, 2.05) is 12.1 Å². The Morgan fingerprint density at radius 2 is 1.57 bits per heavy atom. The third-order valence-electron chi connectivity index (χ3n) is 5.46. The van der Waals surface area contributed by atoms with Crippen molar-refractivity contribution in [3.63, 3.8) is 0 Å². The monoisotopic (exact) mass is 494 g/mol. The van der Waals surface area contributed by atoms with Crippen LogP contribution in [-0.4, -0.2) is 40.0 Å². The number of benzene rings is 3. The van der Waals surface area contributed by atoms with Gasteiger partial charge in [-0.3, -0.25) is 13.9 Å². The topological polar surface area (TPSA) is 92.8 Å². The summed E-state index contributed by atoms with van der Waals surface area (Å²) >= 11 is 0. The van der Waals surface area contributed by atoms with Crippen LogP contribution in [0.15, 0.2) is 72.8 Å². The number of hydrogen-bond acceptors (Lipinski definition) is 5. The van der Waals surface area contributed by atoms with E-state index in [1.165, 1.54) is 7.11 Å². The minimum Gasteiger partial charge on any atom is -0.495 e. The second-order valence-electron chi connectivity index (χ2n) is 9.23. The quantitative estimate of drug-likeness (QED) is 0.461. The van der Waals surface area contributed by atoms with Gasteiger partial charge in [-0.25, -0.2) is 8.42 Å². The number of sulfonamides is 1. The molecular weight excluding hydrogens is 464 g/mol. The van der Waals surface area contributed by atoms with Gasteiger partial charge in [0.05, 0.1) is 19.1 Å². The van der Waals surface area contributed by atoms with Crippen LogP contribution >= 0.6 is 0 Å². The number of anilines is 2. The zero-order valence-electron chi connectivity index (χ0n) is 20.5. The van der Waals surface area contributed by atoms with Crippen molar-refractivity contribution in [2.24, 2.45) is 0 Å². The molecule has 0 aliphatic heterocycles. The summed E-state index contributed by atoms with van der Waals surface area (Å²) in [5.74, 6) is -0.399. The Morgan fingerprint density at radius 3 is 2.17 bits per heavy atom. The van der Waals surface area contributed by atoms with Gasteiger partial charge in [0.15, 0.2) is 5.78 Å². The maximum absolute atomic E-state index is 13.0. The zero-order chi connectivity index (χ0) is 25.8. The van der Waals surface area contributed by atoms with Crippen LogP contribution in [0.1, 0.15) is 42.3 Å². The van der Waals surface area contributed by atoms with Crippen molar-refractivity contribution in [2.75, 3.05) is 29.5 Å². The Morgan fingerprint density at radius 1 is 0.914 bits per heavy atom. The van der Waals surface area contributed by atoms with E-state index in [0.717, 1.165) is 16.1 Å². The number of amides is 1. The number of para-hydroxylation sites is 2. The molecule has 184 valence electrons. The van der Waals surface area contributed by atoms with Crippen molar-refractivity contribution in [1.29, 1.82) is 0 Å². The van der Waals surface area contributed by atoms with E-state index in [0.29, 0.717) is 22.6 Å². The van der Waals surface area contributed by atoms with Gasteiger partial charge in [0.25, 0.3) is 0 Å². The molecule has 0 bridgehead atoms. The molecule has 0 heterocycles. The number of ether oxygens (including phenoxy) is 1. The van der Waals surface area contributed by atoms with Gasteiger partial charge in [-0.05, 0) is 35.2 Å². The number of hydrogen-bond donors (Lipinski definition) is 1. The summed E-state index contributed by atoms with van der Waals surface area (Å²) in [6.07, 6.45) is 1.02. The minimum atomic E-state index is -3.77. The molecular formula is C27H30N2O5S. The first-order valence-electron chi connectivity index (χ1n) is 11.1. The second kappa shape index (κ2) is 10.3. The highest BCUT2D eigenvalue weighted by Crippen LogP contribution is 2.29. The molecule has 1 N–H and O–H groups in total. The molecule has 8 heteroatoms. The fourth-order valence-corrected chi connectivity index (χ4v) is 4.43. The molecule has 0 aliphatic carbocycles. The van der Waals surface area contributed by atoms with Gasteiger partial charge in [-0.1, -0.05) is 69.3 Å². The van der Waals surface area contributed by atoms with E-state index < -0.39 is 22.5 Å². The maximum atomic E-state index is 13.0. The van der Waals surface area contributed by atoms with Gasteiger partial charge in [0.1, 0.15) is 12.3 Å². The lowest BCUT2D eigenvalue weighted by atomic mass is 9.86. The summed E-state index contributed by atoms with van der Waals surface area (Å²) in [5.41, 5.74) is 2.71. The smallest absolute Gasteiger partial charge is 0.245 e. The van der Waals surface area contributed by atoms with Gasteiger partial charge in [0, 0.05) is 16.8 Å². The van der Waals surface area contributed by atoms with E-state index in [4.69, 9.17) is 4.74 Å². The highest BCUT2D eigenvalue weighted by Gasteiger charge is 2.24. The summed E-state index contributed by atoms with van der Waals surface area (Å²) < 4.78 is 31.1. The van der Waals surface area contributed by atoms with Crippen LogP contribution in [0.25, 0.3) is 0 Å². The molecule has 3 aromatic carbocycles. The van der Waals surface area contributed by atoms with Gasteiger partial charge in [0.2, 0.25) is 15.9 Å². The van der Waals surface area contributed by atoms with Crippen molar-refractivity contribution >= 4 is 33.1 Å². The SMILES string of the molecule is COc1ccccc1N(CC(=O)Nc1cccc(C(=O)c2ccc(C(C)(C)C)cc2)c1)S(C)(=O)=O. The van der Waals surface area contributed by atoms with Gasteiger partial charge in [-0.2, -0.15) is 0 Å². The molecule has 3 aromatic rings. The van der Waals surface area contributed by atoms with Crippen molar-refractivity contribution < 1.29 is 22.7 Å². The Hall–Kier alpha value is -3.65. The highest BCUT2D eigenvalue weighted by atomic mass is 32.2. The third-order valence-corrected chi connectivity index (χ3v) is 6.59. The average molecular weight is 495 g/mol. The van der Waals surface area contributed by atoms with Crippen LogP contribution in [0.2, 0.25) is 0 Å². The molecule has 0 saturated heterocycles. The van der Waals surface area contributed by atoms with Crippen LogP contribution < -0.4 is 14.4 Å². The van der Waals surface area contributed by atoms with Crippen molar-refractivity contribution in [1.82, 2.24) is 0 Å². The molecule has 35 heavy (non-hydrogen) atoms. The average Bonchev–Trinajstić information content (AvgIpc) is 2.81. The molecule has 0 unspecified atom stereocenters. The minimum absolute atomic E-state index is 0.0185. The summed E-state index contributed by atoms with van der Waals surface area (Å²) in [7, 11) is -2.34. The van der Waals surface area contributed by atoms with E-state index in [2.05, 4.69) is 26.1 Å². The molecule has 0 aliphatic rings. The lowest BCUT2D eigenvalue weighted by Gasteiger charge is -2.23. The van der Waals surface area contributed by atoms with E-state index >= 15 is 0 Å². The number of rotatable bonds is 8. The maximum Gasteiger partial charge on any atom is 0.245 e. The van der Waals surface area contributed by atoms with Crippen molar-refractivity contribution in [3.8, 4) is 5.75 Å². The fourth-order valence-electron chi connectivity index (χ4n) is 3.57. The van der Waals surface area contributed by atoms with Gasteiger partial charge < -0.3 is 10.1 Å². The molecule has 7 nitrogen and oxygen atoms in total. The van der Waals surface area contributed by atoms with E-state index in [-0.39, 0.29) is 16.9 Å². The number of ketones is 1. The first-order valence-corrected chi connectivity index (χ1v) is 12.9. The summed E-state index contributed by atoms with van der Waals surface area (Å²) in [5, 5.41) is 2.69. The Bertz CT molecular complexity index is 1330. The van der Waals surface area contributed by atoms with E-state index in [1.54, 1.807) is 60.7 Å². The second-order valence-corrected chi connectivity index (χ2v) is 11.1. The highest BCUT2D eigenvalue weighted by molar-refractivity contribution is 7.92. The number of carbonyl (C=O) groups is 2. The lowest BCUT2D eigenvalue weighted by molar-refractivity contribution is -0.114. The zero-order valence-corrected chi connectivity index (χ0v) is 21.3. The molecule has 0 spiro atoms. The van der Waals surface area contributed by atoms with Crippen LogP contribution in [0, 0.1) is 0 Å². The van der Waals surface area contributed by atoms with Crippen LogP contribution in [0.3, 0.4) is 0 Å². The molecule has 0 atom stereocenters. The molecule has 0 radical (unpaired) electrons. The number of nitrogens with zero attached hydrogens (tertiary/aromatic N) is 1. The summed E-state index contributed by atoms with van der Waals surface area (Å²) in [6, 6.07) is 20.6. The molecule has 0 aromatic heterocycles. The predicted octanol–water partition coefficient (Wildman–Crippen LogP) is 4.63. The summed E-state index contributed by atoms with van der Waals surface area (Å²) in [4.78, 5) is 25.8. The first-order chi connectivity index (χ1) is 16.4. The fraction of sp³-hybridized carbons (Fsp3) is 0.259. The van der Waals surface area contributed by atoms with Crippen molar-refractivity contribution in [2.45, 2.75) is 26.2 Å². The van der Waals surface area contributed by atoms with Gasteiger partial charge >= 0.3 is 0 Å². The number of methoxy groups -OCH3 is 1. The van der Waals surface area contributed by atoms with E-state index in [9.17, 15) is 18.0 Å². The third kappa shape index (κ3) is 6.48. The normalized spacial score (nSPS) is 11.6. The number of nitrogens with one attached hydrogen (secondary N) is 1. The molecule has 3 rings (SSSR count). The largest absolute Gasteiger partial charge is 0.495 e. The standard InChI is InChI=1S/C27H30N2O5S/c1-27(2,3)21-15-13-19(14-16-21)26(31)20-9-8-10-22(17-20)28-25(30)18-29(35(5,32)33)23-11-6-7-12-24(23)34-4/h6-17H,18H2,1-5H3,(H,28,30). The Balaban J connectivity index is 1.78. The lowest BCUT2D eigenvalue weighted by Crippen LogP contribution is -2.37. The van der Waals surface area contributed by atoms with Crippen LogP contribution in [-0.2, 0) is 20.2 Å². The number of carbonyl (C=O) groups excluding carboxylic acids is 2.